The van der Waals surface area contributed by atoms with Gasteiger partial charge in [-0.05, 0) is 25.0 Å². The fourth-order valence-electron chi connectivity index (χ4n) is 3.02. The molecule has 0 aliphatic carbocycles. The highest BCUT2D eigenvalue weighted by molar-refractivity contribution is 7.15. The number of halogens is 3. The predicted molar refractivity (Wildman–Crippen MR) is 94.8 cm³/mol. The van der Waals surface area contributed by atoms with E-state index >= 15 is 0 Å². The first-order valence-electron chi connectivity index (χ1n) is 8.46. The standard InChI is InChI=1S/C18H16F3N3O2S/c19-18(20,21)12-5-3-11(4-6-12)14-9-24-15(10-27-17(24)23-14)16(25)22-8-13-2-1-7-26-13/h3-6,9-10,13H,1-2,7-8H2,(H,22,25). The number of rotatable bonds is 4. The Hall–Kier alpha value is -2.39. The smallest absolute Gasteiger partial charge is 0.376 e. The minimum absolute atomic E-state index is 0.0496. The van der Waals surface area contributed by atoms with Crippen molar-refractivity contribution in [2.75, 3.05) is 13.2 Å². The Balaban J connectivity index is 1.53. The van der Waals surface area contributed by atoms with Crippen LogP contribution >= 0.6 is 11.3 Å². The molecule has 5 nitrogen and oxygen atoms in total. The Kier molecular flexibility index (Phi) is 4.65. The van der Waals surface area contributed by atoms with E-state index in [0.29, 0.717) is 28.5 Å². The number of thiazole rings is 1. The van der Waals surface area contributed by atoms with Crippen molar-refractivity contribution in [3.8, 4) is 11.3 Å². The average molecular weight is 395 g/mol. The van der Waals surface area contributed by atoms with Gasteiger partial charge in [-0.25, -0.2) is 4.98 Å². The minimum Gasteiger partial charge on any atom is -0.376 e. The second kappa shape index (κ2) is 6.97. The van der Waals surface area contributed by atoms with Gasteiger partial charge in [0.25, 0.3) is 5.91 Å². The number of nitrogens with one attached hydrogen (secondary N) is 1. The largest absolute Gasteiger partial charge is 0.416 e. The van der Waals surface area contributed by atoms with Crippen LogP contribution in [0.2, 0.25) is 0 Å². The zero-order chi connectivity index (χ0) is 19.0. The van der Waals surface area contributed by atoms with E-state index in [9.17, 15) is 18.0 Å². The van der Waals surface area contributed by atoms with Gasteiger partial charge in [0.05, 0.1) is 17.4 Å². The molecule has 1 amide bonds. The van der Waals surface area contributed by atoms with Crippen LogP contribution in [-0.4, -0.2) is 34.5 Å². The third-order valence-corrected chi connectivity index (χ3v) is 5.30. The van der Waals surface area contributed by atoms with Crippen LogP contribution in [0.4, 0.5) is 13.2 Å². The Morgan fingerprint density at radius 2 is 2.11 bits per heavy atom. The van der Waals surface area contributed by atoms with E-state index in [1.165, 1.54) is 23.5 Å². The Morgan fingerprint density at radius 1 is 1.33 bits per heavy atom. The molecule has 142 valence electrons. The topological polar surface area (TPSA) is 55.6 Å². The minimum atomic E-state index is -4.37. The van der Waals surface area contributed by atoms with E-state index in [4.69, 9.17) is 4.74 Å². The second-order valence-electron chi connectivity index (χ2n) is 6.32. The van der Waals surface area contributed by atoms with E-state index in [0.717, 1.165) is 31.6 Å². The number of alkyl halides is 3. The molecule has 4 rings (SSSR count). The SMILES string of the molecule is O=C(NCC1CCCO1)c1csc2nc(-c3ccc(C(F)(F)F)cc3)cn12. The number of hydrogen-bond acceptors (Lipinski definition) is 4. The number of imidazole rings is 1. The number of nitrogens with zero attached hydrogens (tertiary/aromatic N) is 2. The molecule has 1 N–H and O–H groups in total. The van der Waals surface area contributed by atoms with Crippen molar-refractivity contribution in [2.24, 2.45) is 0 Å². The van der Waals surface area contributed by atoms with Crippen LogP contribution in [0.15, 0.2) is 35.8 Å². The first kappa shape index (κ1) is 18.0. The maximum atomic E-state index is 12.7. The number of carbonyl (C=O) groups excluding carboxylic acids is 1. The molecule has 3 aromatic rings. The average Bonchev–Trinajstić information content (AvgIpc) is 3.35. The number of amides is 1. The van der Waals surface area contributed by atoms with Crippen molar-refractivity contribution in [3.63, 3.8) is 0 Å². The molecule has 1 aliphatic heterocycles. The fraction of sp³-hybridized carbons (Fsp3) is 0.333. The quantitative estimate of drug-likeness (QED) is 0.727. The summed E-state index contributed by atoms with van der Waals surface area (Å²) in [6.45, 7) is 1.18. The van der Waals surface area contributed by atoms with Crippen LogP contribution in [0.1, 0.15) is 28.9 Å². The van der Waals surface area contributed by atoms with Gasteiger partial charge in [0, 0.05) is 30.3 Å². The van der Waals surface area contributed by atoms with E-state index in [1.807, 2.05) is 0 Å². The molecule has 0 saturated carbocycles. The predicted octanol–water partition coefficient (Wildman–Crippen LogP) is 3.99. The first-order chi connectivity index (χ1) is 12.9. The van der Waals surface area contributed by atoms with Gasteiger partial charge in [-0.15, -0.1) is 11.3 Å². The van der Waals surface area contributed by atoms with E-state index in [-0.39, 0.29) is 12.0 Å². The maximum Gasteiger partial charge on any atom is 0.416 e. The number of benzene rings is 1. The summed E-state index contributed by atoms with van der Waals surface area (Å²) in [4.78, 5) is 17.5. The molecule has 1 aliphatic rings. The fourth-order valence-corrected chi connectivity index (χ4v) is 3.87. The lowest BCUT2D eigenvalue weighted by Gasteiger charge is -2.10. The molecule has 3 heterocycles. The van der Waals surface area contributed by atoms with Crippen LogP contribution in [0.25, 0.3) is 16.2 Å². The summed E-state index contributed by atoms with van der Waals surface area (Å²) < 4.78 is 45.2. The molecule has 0 bridgehead atoms. The highest BCUT2D eigenvalue weighted by atomic mass is 32.1. The molecule has 1 saturated heterocycles. The summed E-state index contributed by atoms with van der Waals surface area (Å²) in [5.74, 6) is -0.229. The summed E-state index contributed by atoms with van der Waals surface area (Å²) >= 11 is 1.30. The molecule has 1 fully saturated rings. The van der Waals surface area contributed by atoms with Crippen molar-refractivity contribution >= 4 is 22.2 Å². The third kappa shape index (κ3) is 3.70. The Labute approximate surface area is 156 Å². The van der Waals surface area contributed by atoms with Gasteiger partial charge in [-0.1, -0.05) is 12.1 Å². The van der Waals surface area contributed by atoms with Crippen molar-refractivity contribution in [1.29, 1.82) is 0 Å². The van der Waals surface area contributed by atoms with Gasteiger partial charge in [0.1, 0.15) is 5.69 Å². The van der Waals surface area contributed by atoms with Crippen molar-refractivity contribution in [2.45, 2.75) is 25.1 Å². The van der Waals surface area contributed by atoms with Gasteiger partial charge in [-0.2, -0.15) is 13.2 Å². The van der Waals surface area contributed by atoms with Gasteiger partial charge in [0.15, 0.2) is 4.96 Å². The van der Waals surface area contributed by atoms with Crippen LogP contribution in [0, 0.1) is 0 Å². The number of fused-ring (bicyclic) bond motifs is 1. The van der Waals surface area contributed by atoms with Crippen LogP contribution in [0.3, 0.4) is 0 Å². The maximum absolute atomic E-state index is 12.7. The first-order valence-corrected chi connectivity index (χ1v) is 9.34. The summed E-state index contributed by atoms with van der Waals surface area (Å²) in [5.41, 5.74) is 0.813. The van der Waals surface area contributed by atoms with Crippen LogP contribution < -0.4 is 5.32 Å². The van der Waals surface area contributed by atoms with Gasteiger partial charge in [-0.3, -0.25) is 9.20 Å². The summed E-state index contributed by atoms with van der Waals surface area (Å²) in [6, 6.07) is 4.81. The van der Waals surface area contributed by atoms with Crippen LogP contribution in [-0.2, 0) is 10.9 Å². The highest BCUT2D eigenvalue weighted by Crippen LogP contribution is 2.31. The molecular formula is C18H16F3N3O2S. The Morgan fingerprint density at radius 3 is 2.78 bits per heavy atom. The molecule has 2 aromatic heterocycles. The van der Waals surface area contributed by atoms with Crippen LogP contribution in [0.5, 0.6) is 0 Å². The highest BCUT2D eigenvalue weighted by Gasteiger charge is 2.30. The molecule has 1 atom stereocenters. The van der Waals surface area contributed by atoms with Crippen molar-refractivity contribution in [3.05, 3.63) is 47.1 Å². The van der Waals surface area contributed by atoms with Crippen molar-refractivity contribution < 1.29 is 22.7 Å². The molecule has 0 radical (unpaired) electrons. The van der Waals surface area contributed by atoms with E-state index in [2.05, 4.69) is 10.3 Å². The van der Waals surface area contributed by atoms with Gasteiger partial charge < -0.3 is 10.1 Å². The zero-order valence-electron chi connectivity index (χ0n) is 14.1. The normalized spacial score (nSPS) is 17.5. The Bertz CT molecular complexity index is 957. The third-order valence-electron chi connectivity index (χ3n) is 4.46. The summed E-state index contributed by atoms with van der Waals surface area (Å²) in [5, 5.41) is 4.57. The number of carbonyl (C=O) groups is 1. The van der Waals surface area contributed by atoms with E-state index < -0.39 is 11.7 Å². The lowest BCUT2D eigenvalue weighted by Crippen LogP contribution is -2.32. The molecule has 27 heavy (non-hydrogen) atoms. The van der Waals surface area contributed by atoms with Gasteiger partial charge in [0.2, 0.25) is 0 Å². The second-order valence-corrected chi connectivity index (χ2v) is 7.16. The van der Waals surface area contributed by atoms with Gasteiger partial charge >= 0.3 is 6.18 Å². The number of aromatic nitrogens is 2. The lowest BCUT2D eigenvalue weighted by atomic mass is 10.1. The molecule has 0 spiro atoms. The molecule has 1 unspecified atom stereocenters. The molecule has 9 heteroatoms. The number of ether oxygens (including phenoxy) is 1. The monoisotopic (exact) mass is 395 g/mol. The zero-order valence-corrected chi connectivity index (χ0v) is 14.9. The lowest BCUT2D eigenvalue weighted by molar-refractivity contribution is -0.137. The molecule has 1 aromatic carbocycles. The summed E-state index contributed by atoms with van der Waals surface area (Å²) in [6.07, 6.45) is -0.728. The van der Waals surface area contributed by atoms with E-state index in [1.54, 1.807) is 16.0 Å². The van der Waals surface area contributed by atoms with Crippen molar-refractivity contribution in [1.82, 2.24) is 14.7 Å². The summed E-state index contributed by atoms with van der Waals surface area (Å²) in [7, 11) is 0. The number of hydrogen-bond donors (Lipinski definition) is 1. The molecular weight excluding hydrogens is 379 g/mol.